The number of benzene rings is 1. The second-order valence-electron chi connectivity index (χ2n) is 5.68. The maximum Gasteiger partial charge on any atom is 0.191 e. The summed E-state index contributed by atoms with van der Waals surface area (Å²) in [5.74, 6) is 0.723. The number of hydrogen-bond acceptors (Lipinski definition) is 4. The summed E-state index contributed by atoms with van der Waals surface area (Å²) in [6, 6.07) is 9.54. The molecule has 26 heavy (non-hydrogen) atoms. The van der Waals surface area contributed by atoms with E-state index in [0.717, 1.165) is 33.8 Å². The van der Waals surface area contributed by atoms with Gasteiger partial charge in [-0.1, -0.05) is 12.1 Å². The monoisotopic (exact) mass is 571 g/mol. The van der Waals surface area contributed by atoms with Crippen LogP contribution < -0.4 is 10.6 Å². The van der Waals surface area contributed by atoms with Crippen molar-refractivity contribution in [2.75, 3.05) is 19.8 Å². The van der Waals surface area contributed by atoms with Crippen molar-refractivity contribution in [1.82, 2.24) is 10.6 Å². The summed E-state index contributed by atoms with van der Waals surface area (Å²) in [5, 5.41) is 6.53. The van der Waals surface area contributed by atoms with Crippen LogP contribution in [-0.2, 0) is 22.8 Å². The van der Waals surface area contributed by atoms with E-state index < -0.39 is 9.84 Å². The highest BCUT2D eigenvalue weighted by Crippen LogP contribution is 2.22. The molecule has 1 heterocycles. The molecule has 1 aromatic heterocycles. The number of nitrogens with one attached hydrogen (secondary N) is 2. The van der Waals surface area contributed by atoms with Crippen molar-refractivity contribution in [3.05, 3.63) is 50.1 Å². The van der Waals surface area contributed by atoms with E-state index in [1.807, 2.05) is 19.1 Å². The van der Waals surface area contributed by atoms with Gasteiger partial charge in [-0.2, -0.15) is 0 Å². The van der Waals surface area contributed by atoms with Gasteiger partial charge < -0.3 is 10.6 Å². The van der Waals surface area contributed by atoms with Gasteiger partial charge in [-0.05, 0) is 58.6 Å². The summed E-state index contributed by atoms with van der Waals surface area (Å²) in [6.45, 7) is 3.18. The Morgan fingerprint density at radius 3 is 2.50 bits per heavy atom. The van der Waals surface area contributed by atoms with Gasteiger partial charge in [0.25, 0.3) is 0 Å². The summed E-state index contributed by atoms with van der Waals surface area (Å²) in [5.41, 5.74) is 1.77. The van der Waals surface area contributed by atoms with E-state index in [2.05, 4.69) is 43.7 Å². The lowest BCUT2D eigenvalue weighted by Crippen LogP contribution is -2.37. The van der Waals surface area contributed by atoms with Gasteiger partial charge in [-0.25, -0.2) is 8.42 Å². The van der Waals surface area contributed by atoms with E-state index in [-0.39, 0.29) is 24.0 Å². The molecule has 0 fully saturated rings. The minimum absolute atomic E-state index is 0. The number of hydrogen-bond donors (Lipinski definition) is 2. The quantitative estimate of drug-likeness (QED) is 0.315. The average Bonchev–Trinajstić information content (AvgIpc) is 2.95. The largest absolute Gasteiger partial charge is 0.356 e. The van der Waals surface area contributed by atoms with Crippen LogP contribution in [0.4, 0.5) is 0 Å². The molecule has 0 spiro atoms. The number of aryl methyl sites for hydroxylation is 1. The molecule has 0 radical (unpaired) electrons. The van der Waals surface area contributed by atoms with Gasteiger partial charge in [0.15, 0.2) is 15.8 Å². The number of thiophene rings is 1. The highest BCUT2D eigenvalue weighted by molar-refractivity contribution is 14.0. The minimum atomic E-state index is -3.18. The molecule has 0 atom stereocenters. The predicted molar refractivity (Wildman–Crippen MR) is 124 cm³/mol. The average molecular weight is 572 g/mol. The third kappa shape index (κ3) is 7.16. The first-order chi connectivity index (χ1) is 11.8. The summed E-state index contributed by atoms with van der Waals surface area (Å²) < 4.78 is 24.5. The fraction of sp³-hybridized carbons (Fsp3) is 0.353. The van der Waals surface area contributed by atoms with E-state index in [0.29, 0.717) is 11.4 Å². The first kappa shape index (κ1) is 23.4. The van der Waals surface area contributed by atoms with Gasteiger partial charge >= 0.3 is 0 Å². The van der Waals surface area contributed by atoms with Gasteiger partial charge in [-0.15, -0.1) is 35.3 Å². The molecule has 2 aromatic rings. The van der Waals surface area contributed by atoms with Crippen molar-refractivity contribution >= 4 is 67.0 Å². The second-order valence-corrected chi connectivity index (χ2v) is 10.2. The normalized spacial score (nSPS) is 11.8. The second kappa shape index (κ2) is 10.6. The molecule has 0 saturated heterocycles. The van der Waals surface area contributed by atoms with Crippen molar-refractivity contribution in [1.29, 1.82) is 0 Å². The lowest BCUT2D eigenvalue weighted by Gasteiger charge is -2.12. The molecule has 2 N–H and O–H groups in total. The Bertz CT molecular complexity index is 867. The molecular weight excluding hydrogens is 549 g/mol. The summed E-state index contributed by atoms with van der Waals surface area (Å²) in [7, 11) is -1.45. The van der Waals surface area contributed by atoms with Gasteiger partial charge in [0, 0.05) is 31.3 Å². The SMILES string of the molecule is CN=C(NCCc1ccc(Br)s1)NCc1ccc(S(C)(=O)=O)c(C)c1.I. The molecule has 9 heteroatoms. The highest BCUT2D eigenvalue weighted by atomic mass is 127. The Kier molecular flexibility index (Phi) is 9.56. The van der Waals surface area contributed by atoms with Crippen LogP contribution in [0.2, 0.25) is 0 Å². The van der Waals surface area contributed by atoms with Crippen molar-refractivity contribution in [3.8, 4) is 0 Å². The Morgan fingerprint density at radius 1 is 1.23 bits per heavy atom. The molecule has 1 aromatic carbocycles. The van der Waals surface area contributed by atoms with Gasteiger partial charge in [-0.3, -0.25) is 4.99 Å². The molecule has 0 saturated carbocycles. The van der Waals surface area contributed by atoms with Gasteiger partial charge in [0.05, 0.1) is 8.68 Å². The van der Waals surface area contributed by atoms with Crippen LogP contribution in [0.5, 0.6) is 0 Å². The van der Waals surface area contributed by atoms with Crippen molar-refractivity contribution in [2.45, 2.75) is 24.8 Å². The van der Waals surface area contributed by atoms with Crippen molar-refractivity contribution in [2.24, 2.45) is 4.99 Å². The van der Waals surface area contributed by atoms with E-state index in [4.69, 9.17) is 0 Å². The standard InChI is InChI=1S/C17H22BrN3O2S2.HI/c1-12-10-13(4-6-15(12)25(3,22)23)11-21-17(19-2)20-9-8-14-5-7-16(18)24-14;/h4-7,10H,8-9,11H2,1-3H3,(H2,19,20,21);1H. The van der Waals surface area contributed by atoms with E-state index in [1.54, 1.807) is 24.5 Å². The van der Waals surface area contributed by atoms with Gasteiger partial charge in [0.2, 0.25) is 0 Å². The molecule has 144 valence electrons. The van der Waals surface area contributed by atoms with Crippen molar-refractivity contribution in [3.63, 3.8) is 0 Å². The van der Waals surface area contributed by atoms with Crippen LogP contribution in [0.15, 0.2) is 44.0 Å². The van der Waals surface area contributed by atoms with Crippen molar-refractivity contribution < 1.29 is 8.42 Å². The molecule has 0 bridgehead atoms. The maximum absolute atomic E-state index is 11.7. The predicted octanol–water partition coefficient (Wildman–Crippen LogP) is 3.75. The fourth-order valence-electron chi connectivity index (χ4n) is 2.43. The zero-order valence-corrected chi connectivity index (χ0v) is 20.4. The molecule has 0 aliphatic carbocycles. The number of rotatable bonds is 6. The first-order valence-corrected chi connectivity index (χ1v) is 11.3. The Labute approximate surface area is 184 Å². The third-order valence-electron chi connectivity index (χ3n) is 3.62. The number of guanidine groups is 1. The van der Waals surface area contributed by atoms with Crippen LogP contribution in [0, 0.1) is 6.92 Å². The lowest BCUT2D eigenvalue weighted by molar-refractivity contribution is 0.601. The fourth-order valence-corrected chi connectivity index (χ4v) is 4.88. The molecule has 0 aliphatic rings. The highest BCUT2D eigenvalue weighted by Gasteiger charge is 2.11. The Hall–Kier alpha value is -0.650. The van der Waals surface area contributed by atoms with Gasteiger partial charge in [0.1, 0.15) is 0 Å². The summed E-state index contributed by atoms with van der Waals surface area (Å²) >= 11 is 5.19. The third-order valence-corrected chi connectivity index (χ3v) is 6.56. The van der Waals surface area contributed by atoms with Crippen LogP contribution in [0.3, 0.4) is 0 Å². The maximum atomic E-state index is 11.7. The van der Waals surface area contributed by atoms with Crippen LogP contribution in [0.1, 0.15) is 16.0 Å². The molecule has 5 nitrogen and oxygen atoms in total. The molecule has 2 rings (SSSR count). The molecule has 0 aliphatic heterocycles. The molecule has 0 amide bonds. The topological polar surface area (TPSA) is 70.6 Å². The van der Waals surface area contributed by atoms with Crippen LogP contribution in [0.25, 0.3) is 0 Å². The zero-order valence-electron chi connectivity index (χ0n) is 14.9. The number of aliphatic imine (C=N–C) groups is 1. The Balaban J connectivity index is 0.00000338. The number of nitrogens with zero attached hydrogens (tertiary/aromatic N) is 1. The minimum Gasteiger partial charge on any atom is -0.356 e. The smallest absolute Gasteiger partial charge is 0.191 e. The Morgan fingerprint density at radius 2 is 1.96 bits per heavy atom. The molecule has 0 unspecified atom stereocenters. The van der Waals surface area contributed by atoms with Crippen LogP contribution in [-0.4, -0.2) is 34.2 Å². The zero-order chi connectivity index (χ0) is 18.4. The van der Waals surface area contributed by atoms with E-state index in [9.17, 15) is 8.42 Å². The number of halogens is 2. The van der Waals surface area contributed by atoms with E-state index >= 15 is 0 Å². The summed E-state index contributed by atoms with van der Waals surface area (Å²) in [6.07, 6.45) is 2.16. The molecular formula is C17H23BrIN3O2S2. The van der Waals surface area contributed by atoms with E-state index in [1.165, 1.54) is 11.1 Å². The lowest BCUT2D eigenvalue weighted by atomic mass is 10.1. The number of sulfone groups is 1. The summed E-state index contributed by atoms with van der Waals surface area (Å²) in [4.78, 5) is 5.89. The first-order valence-electron chi connectivity index (χ1n) is 7.78. The van der Waals surface area contributed by atoms with Crippen LogP contribution >= 0.6 is 51.2 Å².